The van der Waals surface area contributed by atoms with Crippen LogP contribution >= 0.6 is 7.60 Å². The van der Waals surface area contributed by atoms with Gasteiger partial charge in [0, 0.05) is 37.3 Å². The van der Waals surface area contributed by atoms with Crippen LogP contribution in [-0.2, 0) is 28.2 Å². The van der Waals surface area contributed by atoms with Crippen LogP contribution < -0.4 is 5.32 Å². The first-order valence-electron chi connectivity index (χ1n) is 27.7. The van der Waals surface area contributed by atoms with Crippen molar-refractivity contribution in [3.63, 3.8) is 0 Å². The maximum atomic E-state index is 13.2. The fourth-order valence-corrected chi connectivity index (χ4v) is 9.60. The van der Waals surface area contributed by atoms with Crippen LogP contribution in [-0.4, -0.2) is 69.7 Å². The molecule has 3 heterocycles. The summed E-state index contributed by atoms with van der Waals surface area (Å²) in [6, 6.07) is 22.2. The Balaban J connectivity index is 1.21. The van der Waals surface area contributed by atoms with Crippen molar-refractivity contribution in [2.45, 2.75) is 200 Å². The zero-order chi connectivity index (χ0) is 51.3. The van der Waals surface area contributed by atoms with E-state index in [1.54, 1.807) is 24.5 Å². The summed E-state index contributed by atoms with van der Waals surface area (Å²) in [5.74, 6) is -1.28. The zero-order valence-electron chi connectivity index (χ0n) is 43.9. The van der Waals surface area contributed by atoms with Crippen molar-refractivity contribution in [1.82, 2.24) is 20.3 Å². The molecule has 0 aliphatic rings. The third-order valence-corrected chi connectivity index (χ3v) is 14.3. The van der Waals surface area contributed by atoms with Gasteiger partial charge in [-0.3, -0.25) is 28.9 Å². The van der Waals surface area contributed by atoms with Gasteiger partial charge in [0.05, 0.1) is 35.5 Å². The Bertz CT molecular complexity index is 2070. The van der Waals surface area contributed by atoms with Gasteiger partial charge >= 0.3 is 19.5 Å². The third-order valence-electron chi connectivity index (χ3n) is 13.0. The van der Waals surface area contributed by atoms with Gasteiger partial charge in [0.15, 0.2) is 6.10 Å². The van der Waals surface area contributed by atoms with Gasteiger partial charge < -0.3 is 24.2 Å². The van der Waals surface area contributed by atoms with Crippen molar-refractivity contribution in [1.29, 1.82) is 0 Å². The standard InChI is InChI=1S/C59H87N4O8P/c1-3-5-7-9-11-13-15-17-19-21-23-25-27-35-57(64)69-47-52(71-58(65)36-28-26-24-22-20-18-16-14-12-10-8-6-4-2)48-70-72(67,68)44-43-62-59(66)50-39-37-49(38-40-50)51-45-55(53-33-29-31-41-60-53)63-56(46-51)54-34-30-32-42-61-54/h29-34,37-42,45-46,52H,3-28,35-36,43-44,47-48H2,1-2H3,(H,62,66)(H,67,68)/t52-/m0/s1. The van der Waals surface area contributed by atoms with E-state index in [4.69, 9.17) is 19.0 Å². The number of nitrogens with zero attached hydrogens (tertiary/aromatic N) is 3. The van der Waals surface area contributed by atoms with E-state index >= 15 is 0 Å². The Labute approximate surface area is 432 Å². The van der Waals surface area contributed by atoms with Crippen molar-refractivity contribution in [3.8, 4) is 33.9 Å². The molecule has 1 unspecified atom stereocenters. The summed E-state index contributed by atoms with van der Waals surface area (Å²) in [6.45, 7) is 3.64. The van der Waals surface area contributed by atoms with Crippen LogP contribution in [0.3, 0.4) is 0 Å². The van der Waals surface area contributed by atoms with E-state index in [1.807, 2.05) is 60.7 Å². The van der Waals surface area contributed by atoms with Crippen LogP contribution in [0.5, 0.6) is 0 Å². The lowest BCUT2D eigenvalue weighted by Gasteiger charge is -2.20. The molecule has 0 aliphatic carbocycles. The highest BCUT2D eigenvalue weighted by molar-refractivity contribution is 7.52. The van der Waals surface area contributed by atoms with Crippen molar-refractivity contribution < 1.29 is 37.8 Å². The number of nitrogens with one attached hydrogen (secondary N) is 1. The molecule has 0 bridgehead atoms. The molecule has 12 nitrogen and oxygen atoms in total. The van der Waals surface area contributed by atoms with Crippen molar-refractivity contribution in [2.75, 3.05) is 25.9 Å². The molecule has 2 atom stereocenters. The lowest BCUT2D eigenvalue weighted by molar-refractivity contribution is -0.161. The Morgan fingerprint density at radius 2 is 0.986 bits per heavy atom. The molecule has 396 valence electrons. The Morgan fingerprint density at radius 1 is 0.542 bits per heavy atom. The van der Waals surface area contributed by atoms with E-state index in [0.717, 1.165) is 49.7 Å². The minimum atomic E-state index is -4.25. The minimum absolute atomic E-state index is 0.142. The first-order chi connectivity index (χ1) is 35.2. The normalized spacial score (nSPS) is 12.5. The second kappa shape index (κ2) is 37.0. The highest BCUT2D eigenvalue weighted by atomic mass is 31.2. The Kier molecular flexibility index (Phi) is 30.8. The molecule has 1 aromatic carbocycles. The molecule has 0 saturated heterocycles. The summed E-state index contributed by atoms with van der Waals surface area (Å²) in [6.07, 6.45) is 33.6. The molecule has 0 aliphatic heterocycles. The van der Waals surface area contributed by atoms with Gasteiger partial charge in [-0.15, -0.1) is 0 Å². The molecule has 0 spiro atoms. The molecule has 0 fully saturated rings. The van der Waals surface area contributed by atoms with Gasteiger partial charge in [-0.25, -0.2) is 4.98 Å². The zero-order valence-corrected chi connectivity index (χ0v) is 44.8. The summed E-state index contributed by atoms with van der Waals surface area (Å²) in [7, 11) is -4.25. The molecule has 1 amide bonds. The summed E-state index contributed by atoms with van der Waals surface area (Å²) in [5.41, 5.74) is 4.88. The van der Waals surface area contributed by atoms with E-state index in [1.165, 1.54) is 116 Å². The van der Waals surface area contributed by atoms with Gasteiger partial charge in [-0.05, 0) is 72.5 Å². The number of carbonyl (C=O) groups excluding carboxylic acids is 3. The molecule has 3 aromatic heterocycles. The van der Waals surface area contributed by atoms with Crippen LogP contribution in [0.4, 0.5) is 0 Å². The third kappa shape index (κ3) is 26.3. The largest absolute Gasteiger partial charge is 0.462 e. The molecule has 72 heavy (non-hydrogen) atoms. The number of amides is 1. The van der Waals surface area contributed by atoms with Gasteiger partial charge in [0.2, 0.25) is 0 Å². The number of esters is 2. The van der Waals surface area contributed by atoms with E-state index in [9.17, 15) is 23.8 Å². The molecule has 2 N–H and O–H groups in total. The number of ether oxygens (including phenoxy) is 2. The Morgan fingerprint density at radius 3 is 1.43 bits per heavy atom. The smallest absolute Gasteiger partial charge is 0.330 e. The molecule has 0 saturated carbocycles. The number of rotatable bonds is 41. The average molecular weight is 1010 g/mol. The minimum Gasteiger partial charge on any atom is -0.462 e. The number of aromatic nitrogens is 3. The number of hydrogen-bond acceptors (Lipinski definition) is 10. The van der Waals surface area contributed by atoms with Crippen LogP contribution in [0.2, 0.25) is 0 Å². The number of carbonyl (C=O) groups is 3. The van der Waals surface area contributed by atoms with Crippen LogP contribution in [0, 0.1) is 0 Å². The monoisotopic (exact) mass is 1010 g/mol. The molecule has 13 heteroatoms. The van der Waals surface area contributed by atoms with E-state index in [2.05, 4.69) is 29.1 Å². The summed E-state index contributed by atoms with van der Waals surface area (Å²) >= 11 is 0. The average Bonchev–Trinajstić information content (AvgIpc) is 3.40. The predicted molar refractivity (Wildman–Crippen MR) is 291 cm³/mol. The van der Waals surface area contributed by atoms with Crippen molar-refractivity contribution >= 4 is 25.4 Å². The van der Waals surface area contributed by atoms with Gasteiger partial charge in [0.25, 0.3) is 5.91 Å². The molecule has 4 aromatic rings. The highest BCUT2D eigenvalue weighted by Crippen LogP contribution is 2.41. The van der Waals surface area contributed by atoms with Crippen LogP contribution in [0.25, 0.3) is 33.9 Å². The maximum Gasteiger partial charge on any atom is 0.330 e. The molecule has 4 rings (SSSR count). The lowest BCUT2D eigenvalue weighted by Crippen LogP contribution is -2.30. The summed E-state index contributed by atoms with van der Waals surface area (Å²) in [4.78, 5) is 63.5. The summed E-state index contributed by atoms with van der Waals surface area (Å²) in [5, 5.41) is 2.71. The van der Waals surface area contributed by atoms with Gasteiger partial charge in [0.1, 0.15) is 6.61 Å². The second-order valence-corrected chi connectivity index (χ2v) is 21.3. The van der Waals surface area contributed by atoms with E-state index in [0.29, 0.717) is 41.2 Å². The van der Waals surface area contributed by atoms with E-state index < -0.39 is 38.2 Å². The fraction of sp³-hybridized carbons (Fsp3) is 0.593. The number of unbranched alkanes of at least 4 members (excludes halogenated alkanes) is 24. The number of benzene rings is 1. The SMILES string of the molecule is CCCCCCCCCCCCCCCC(=O)OC[C@@H](COP(=O)(O)CCNC(=O)c1ccc(-c2cc(-c3ccccn3)nc(-c3ccccn3)c2)cc1)OC(=O)CCCCCCCCCCCCCCC. The van der Waals surface area contributed by atoms with Gasteiger partial charge in [-0.2, -0.15) is 0 Å². The quantitative estimate of drug-likeness (QED) is 0.0247. The van der Waals surface area contributed by atoms with Crippen molar-refractivity contribution in [2.24, 2.45) is 0 Å². The molecule has 0 radical (unpaired) electrons. The number of pyridine rings is 3. The molecular weight excluding hydrogens is 924 g/mol. The predicted octanol–water partition coefficient (Wildman–Crippen LogP) is 15.2. The lowest BCUT2D eigenvalue weighted by atomic mass is 10.0. The van der Waals surface area contributed by atoms with Gasteiger partial charge in [-0.1, -0.05) is 192 Å². The Hall–Kier alpha value is -4.77. The van der Waals surface area contributed by atoms with Crippen LogP contribution in [0.1, 0.15) is 204 Å². The second-order valence-electron chi connectivity index (χ2n) is 19.3. The first-order valence-corrected chi connectivity index (χ1v) is 29.5. The van der Waals surface area contributed by atoms with Crippen LogP contribution in [0.15, 0.2) is 85.2 Å². The topological polar surface area (TPSA) is 167 Å². The summed E-state index contributed by atoms with van der Waals surface area (Å²) < 4.78 is 29.8. The highest BCUT2D eigenvalue weighted by Gasteiger charge is 2.25. The number of hydrogen-bond donors (Lipinski definition) is 2. The molecular formula is C59H87N4O8P. The van der Waals surface area contributed by atoms with E-state index in [-0.39, 0.29) is 32.2 Å². The maximum absolute atomic E-state index is 13.2. The fourth-order valence-electron chi connectivity index (χ4n) is 8.67. The first kappa shape index (κ1) is 59.8. The van der Waals surface area contributed by atoms with Crippen molar-refractivity contribution in [3.05, 3.63) is 90.8 Å².